The van der Waals surface area contributed by atoms with Gasteiger partial charge in [-0.3, -0.25) is 14.4 Å². The summed E-state index contributed by atoms with van der Waals surface area (Å²) in [4.78, 5) is 58.6. The molecule has 2 aliphatic rings. The van der Waals surface area contributed by atoms with Crippen LogP contribution in [0.25, 0.3) is 10.9 Å². The van der Waals surface area contributed by atoms with Crippen LogP contribution in [-0.2, 0) is 52.3 Å². The molecule has 4 aromatic rings. The second-order valence-electron chi connectivity index (χ2n) is 11.9. The van der Waals surface area contributed by atoms with Crippen LogP contribution in [0.1, 0.15) is 34.1 Å². The third kappa shape index (κ3) is 17.3. The second-order valence-corrected chi connectivity index (χ2v) is 13.1. The zero-order valence-corrected chi connectivity index (χ0v) is 34.3. The van der Waals surface area contributed by atoms with Crippen molar-refractivity contribution in [1.82, 2.24) is 4.98 Å². The predicted molar refractivity (Wildman–Crippen MR) is 216 cm³/mol. The molecule has 0 saturated carbocycles. The van der Waals surface area contributed by atoms with Gasteiger partial charge in [0.2, 0.25) is 0 Å². The fraction of sp³-hybridized carbons (Fsp3) is 0.289. The minimum atomic E-state index is -1.24. The number of fused-ring (bicyclic) bond motifs is 1. The summed E-state index contributed by atoms with van der Waals surface area (Å²) in [6.45, 7) is 5.49. The maximum absolute atomic E-state index is 11.7. The first-order valence-electron chi connectivity index (χ1n) is 16.3. The molecule has 1 aromatic heterocycles. The minimum Gasteiger partial charge on any atom is -0.423 e. The molecule has 2 fully saturated rings. The van der Waals surface area contributed by atoms with Crippen molar-refractivity contribution in [2.45, 2.75) is 52.2 Å². The minimum absolute atomic E-state index is 0. The van der Waals surface area contributed by atoms with E-state index >= 15 is 0 Å². The Labute approximate surface area is 346 Å². The summed E-state index contributed by atoms with van der Waals surface area (Å²) in [6, 6.07) is 20.9. The van der Waals surface area contributed by atoms with Crippen LogP contribution in [0.5, 0.6) is 0 Å². The van der Waals surface area contributed by atoms with Gasteiger partial charge in [-0.2, -0.15) is 0 Å². The summed E-state index contributed by atoms with van der Waals surface area (Å²) >= 11 is 17.4. The number of benzene rings is 3. The Morgan fingerprint density at radius 1 is 0.702 bits per heavy atom. The number of methoxy groups -OCH3 is 3. The Balaban J connectivity index is 0.000000374. The van der Waals surface area contributed by atoms with Crippen LogP contribution in [0.3, 0.4) is 0 Å². The monoisotopic (exact) mass is 848 g/mol. The van der Waals surface area contributed by atoms with Gasteiger partial charge in [0.15, 0.2) is 11.0 Å². The summed E-state index contributed by atoms with van der Waals surface area (Å²) in [5, 5.41) is 5.07. The van der Waals surface area contributed by atoms with Gasteiger partial charge in [0.1, 0.15) is 6.42 Å². The van der Waals surface area contributed by atoms with Crippen molar-refractivity contribution >= 4 is 89.4 Å². The van der Waals surface area contributed by atoms with Gasteiger partial charge < -0.3 is 49.2 Å². The van der Waals surface area contributed by atoms with Crippen molar-refractivity contribution in [3.63, 3.8) is 0 Å². The second kappa shape index (κ2) is 23.9. The van der Waals surface area contributed by atoms with Crippen LogP contribution in [-0.4, -0.2) is 76.7 Å². The van der Waals surface area contributed by atoms with E-state index in [4.69, 9.17) is 50.0 Å². The average Bonchev–Trinajstić information content (AvgIpc) is 3.11. The van der Waals surface area contributed by atoms with Gasteiger partial charge in [0, 0.05) is 81.3 Å². The van der Waals surface area contributed by atoms with Gasteiger partial charge in [-0.15, -0.1) is 0 Å². The zero-order chi connectivity index (χ0) is 42.1. The third-order valence-electron chi connectivity index (χ3n) is 6.59. The number of hydrogen-bond acceptors (Lipinski definition) is 14. The maximum Gasteiger partial charge on any atom is 0.350 e. The molecule has 19 heteroatoms. The number of ether oxygens (including phenoxy) is 7. The maximum atomic E-state index is 11.7. The lowest BCUT2D eigenvalue weighted by molar-refractivity contribution is -0.252. The summed E-state index contributed by atoms with van der Waals surface area (Å²) in [6.07, 6.45) is 2.54. The lowest BCUT2D eigenvalue weighted by Crippen LogP contribution is -2.42. The van der Waals surface area contributed by atoms with E-state index in [-0.39, 0.29) is 25.8 Å². The van der Waals surface area contributed by atoms with Crippen LogP contribution in [0.15, 0.2) is 95.6 Å². The lowest BCUT2D eigenvalue weighted by Gasteiger charge is -2.29. The number of nitrogen functional groups attached to an aromatic ring is 1. The number of anilines is 2. The number of carbonyl (C=O) groups excluding carboxylic acids is 4. The quantitative estimate of drug-likeness (QED) is 0.0368. The van der Waals surface area contributed by atoms with Gasteiger partial charge in [-0.05, 0) is 36.4 Å². The number of hydrogen-bond donors (Lipinski definition) is 3. The molecule has 305 valence electrons. The number of esters is 4. The molecule has 15 nitrogen and oxygen atoms in total. The van der Waals surface area contributed by atoms with Crippen molar-refractivity contribution in [1.29, 1.82) is 0 Å². The fourth-order valence-corrected chi connectivity index (χ4v) is 4.75. The molecule has 3 heterocycles. The average molecular weight is 850 g/mol. The Morgan fingerprint density at radius 2 is 1.19 bits per heavy atom. The first-order chi connectivity index (χ1) is 26.3. The van der Waals surface area contributed by atoms with E-state index in [0.717, 1.165) is 0 Å². The molecule has 3 radical (unpaired) electrons. The van der Waals surface area contributed by atoms with E-state index < -0.39 is 41.9 Å². The molecule has 0 bridgehead atoms. The Hall–Kier alpha value is -5.10. The molecule has 0 spiro atoms. The van der Waals surface area contributed by atoms with E-state index in [0.29, 0.717) is 37.3 Å². The number of rotatable bonds is 5. The fourth-order valence-electron chi connectivity index (χ4n) is 4.20. The predicted octanol–water partition coefficient (Wildman–Crippen LogP) is 6.62. The Kier molecular flexibility index (Phi) is 20.9. The van der Waals surface area contributed by atoms with E-state index in [9.17, 15) is 24.0 Å². The Morgan fingerprint density at radius 3 is 1.63 bits per heavy atom. The Bertz CT molecular complexity index is 1990. The number of aromatic nitrogens is 1. The van der Waals surface area contributed by atoms with Crippen LogP contribution in [0, 0.1) is 0 Å². The SMILES string of the molecule is CC1(C)OC(=O)C(=CNc2ccccc2Cl)C(=O)O1.CC1(C)OC(=O)CC(=O)O1.COC(OC)OC.Nc1ccccc1Cl.O=c1cc[nH]c2c(Cl)cccc12.[B]. The lowest BCUT2D eigenvalue weighted by atomic mass is 10.2. The highest BCUT2D eigenvalue weighted by Crippen LogP contribution is 2.25. The molecule has 2 aliphatic heterocycles. The topological polar surface area (TPSA) is 204 Å². The van der Waals surface area contributed by atoms with E-state index in [1.54, 1.807) is 60.8 Å². The number of cyclic esters (lactones) is 4. The number of aromatic amines is 1. The summed E-state index contributed by atoms with van der Waals surface area (Å²) in [7, 11) is 4.53. The zero-order valence-electron chi connectivity index (χ0n) is 32.1. The highest BCUT2D eigenvalue weighted by Gasteiger charge is 2.39. The number of nitrogens with one attached hydrogen (secondary N) is 2. The van der Waals surface area contributed by atoms with Crippen molar-refractivity contribution in [3.8, 4) is 0 Å². The third-order valence-corrected chi connectivity index (χ3v) is 7.58. The summed E-state index contributed by atoms with van der Waals surface area (Å²) in [5.74, 6) is -4.84. The first-order valence-corrected chi connectivity index (χ1v) is 17.4. The normalized spacial score (nSPS) is 14.7. The molecule has 4 N–H and O–H groups in total. The number of halogens is 3. The number of nitrogens with two attached hydrogens (primary N) is 1. The van der Waals surface area contributed by atoms with Crippen LogP contribution >= 0.6 is 34.8 Å². The molecule has 0 atom stereocenters. The molecule has 0 amide bonds. The molecule has 6 rings (SSSR count). The standard InChI is InChI=1S/C13H12ClNO4.C9H6ClNO.C6H6ClN.C6H8O4.C4H10O3.B/c1-13(2)18-11(16)8(12(17)19-13)7-15-10-6-4-3-5-9(10)14;10-7-3-1-2-6-8(12)4-5-11-9(6)7;7-5-3-1-2-4-6(5)8;1-6(2)9-4(7)3-5(8)10-6;1-5-4(6-2)7-3;/h3-7,15H,1-2H3;1-5H,(H,11,12);1-4H,8H2;3H2,1-2H3;4H,1-3H3;. The van der Waals surface area contributed by atoms with Gasteiger partial charge >= 0.3 is 23.9 Å². The molecule has 57 heavy (non-hydrogen) atoms. The summed E-state index contributed by atoms with van der Waals surface area (Å²) < 4.78 is 33.0. The molecule has 0 aliphatic carbocycles. The molecule has 0 unspecified atom stereocenters. The number of H-pyrrole nitrogens is 1. The van der Waals surface area contributed by atoms with Gasteiger partial charge in [-0.1, -0.05) is 65.1 Å². The van der Waals surface area contributed by atoms with Crippen LogP contribution in [0.4, 0.5) is 11.4 Å². The van der Waals surface area contributed by atoms with Gasteiger partial charge in [0.25, 0.3) is 18.1 Å². The van der Waals surface area contributed by atoms with Gasteiger partial charge in [0.05, 0.1) is 32.0 Å². The smallest absolute Gasteiger partial charge is 0.350 e. The van der Waals surface area contributed by atoms with Crippen LogP contribution < -0.4 is 16.5 Å². The van der Waals surface area contributed by atoms with E-state index in [1.165, 1.54) is 61.3 Å². The van der Waals surface area contributed by atoms with E-state index in [1.807, 2.05) is 12.1 Å². The largest absolute Gasteiger partial charge is 0.423 e. The number of pyridine rings is 1. The van der Waals surface area contributed by atoms with Crippen molar-refractivity contribution in [2.75, 3.05) is 32.4 Å². The summed E-state index contributed by atoms with van der Waals surface area (Å²) in [5.41, 5.74) is 7.08. The highest BCUT2D eigenvalue weighted by molar-refractivity contribution is 6.35. The van der Waals surface area contributed by atoms with Gasteiger partial charge in [-0.25, -0.2) is 9.59 Å². The van der Waals surface area contributed by atoms with Crippen molar-refractivity contribution in [2.24, 2.45) is 0 Å². The number of para-hydroxylation sites is 3. The first kappa shape index (κ1) is 49.9. The molecular formula is C38H42BCl3N3O12. The molecule has 3 aromatic carbocycles. The molecule has 2 saturated heterocycles. The van der Waals surface area contributed by atoms with Crippen molar-refractivity contribution < 1.29 is 52.3 Å². The van der Waals surface area contributed by atoms with Crippen molar-refractivity contribution in [3.05, 3.63) is 116 Å². The molecular weight excluding hydrogens is 808 g/mol. The highest BCUT2D eigenvalue weighted by atomic mass is 35.5. The van der Waals surface area contributed by atoms with Crippen LogP contribution in [0.2, 0.25) is 15.1 Å². The number of carbonyl (C=O) groups is 4. The van der Waals surface area contributed by atoms with E-state index in [2.05, 4.69) is 34.0 Å².